The van der Waals surface area contributed by atoms with E-state index >= 15 is 0 Å². The van der Waals surface area contributed by atoms with Gasteiger partial charge >= 0.3 is 6.09 Å². The number of piperidine rings is 1. The molecule has 2 saturated heterocycles. The van der Waals surface area contributed by atoms with Gasteiger partial charge in [0.05, 0.1) is 12.2 Å². The normalized spacial score (nSPS) is 31.5. The molecular weight excluding hydrogens is 448 g/mol. The second-order valence-electron chi connectivity index (χ2n) is 9.83. The SMILES string of the molecule is CC(C)(C)OC(=O)N1[C@@H]2CC[C@H]1CC(OC1CCC(Oc3ccc(Br)cn3)CC1)C2. The quantitative estimate of drug-likeness (QED) is 0.570. The van der Waals surface area contributed by atoms with E-state index < -0.39 is 5.60 Å². The lowest BCUT2D eigenvalue weighted by Crippen LogP contribution is -2.50. The molecule has 1 amide bonds. The first-order chi connectivity index (χ1) is 14.3. The van der Waals surface area contributed by atoms with Gasteiger partial charge in [0, 0.05) is 28.8 Å². The van der Waals surface area contributed by atoms with Gasteiger partial charge < -0.3 is 19.1 Å². The van der Waals surface area contributed by atoms with Gasteiger partial charge in [-0.25, -0.2) is 9.78 Å². The molecule has 6 nitrogen and oxygen atoms in total. The summed E-state index contributed by atoms with van der Waals surface area (Å²) in [5, 5.41) is 0. The van der Waals surface area contributed by atoms with E-state index in [9.17, 15) is 4.79 Å². The molecule has 30 heavy (non-hydrogen) atoms. The van der Waals surface area contributed by atoms with Crippen molar-refractivity contribution >= 4 is 22.0 Å². The van der Waals surface area contributed by atoms with E-state index in [1.807, 2.05) is 37.8 Å². The largest absolute Gasteiger partial charge is 0.474 e. The number of nitrogens with zero attached hydrogens (tertiary/aromatic N) is 2. The van der Waals surface area contributed by atoms with Crippen molar-refractivity contribution in [2.75, 3.05) is 0 Å². The Morgan fingerprint density at radius 2 is 1.63 bits per heavy atom. The monoisotopic (exact) mass is 480 g/mol. The van der Waals surface area contributed by atoms with Gasteiger partial charge in [0.15, 0.2) is 0 Å². The summed E-state index contributed by atoms with van der Waals surface area (Å²) in [7, 11) is 0. The first-order valence-corrected chi connectivity index (χ1v) is 12.0. The molecule has 0 radical (unpaired) electrons. The molecule has 3 fully saturated rings. The Morgan fingerprint density at radius 1 is 1.00 bits per heavy atom. The molecule has 1 unspecified atom stereocenters. The third-order valence-corrected chi connectivity index (χ3v) is 6.76. The Morgan fingerprint density at radius 3 is 2.20 bits per heavy atom. The molecule has 0 N–H and O–H groups in total. The molecule has 7 heteroatoms. The maximum absolute atomic E-state index is 12.6. The summed E-state index contributed by atoms with van der Waals surface area (Å²) in [5.74, 6) is 0.689. The molecule has 0 aromatic carbocycles. The second-order valence-corrected chi connectivity index (χ2v) is 10.7. The minimum atomic E-state index is -0.448. The van der Waals surface area contributed by atoms with Crippen LogP contribution in [0.4, 0.5) is 4.79 Å². The van der Waals surface area contributed by atoms with Crippen LogP contribution in [0, 0.1) is 0 Å². The fourth-order valence-corrected chi connectivity index (χ4v) is 5.25. The molecule has 3 heterocycles. The number of ether oxygens (including phenoxy) is 3. The Bertz CT molecular complexity index is 714. The van der Waals surface area contributed by atoms with Crippen LogP contribution in [-0.2, 0) is 9.47 Å². The van der Waals surface area contributed by atoms with Crippen LogP contribution in [-0.4, -0.2) is 52.0 Å². The van der Waals surface area contributed by atoms with Crippen molar-refractivity contribution in [2.24, 2.45) is 0 Å². The zero-order chi connectivity index (χ0) is 21.3. The Kier molecular flexibility index (Phi) is 6.58. The highest BCUT2D eigenvalue weighted by atomic mass is 79.9. The third kappa shape index (κ3) is 5.47. The van der Waals surface area contributed by atoms with Crippen molar-refractivity contribution in [2.45, 2.75) is 108 Å². The van der Waals surface area contributed by atoms with E-state index in [2.05, 4.69) is 20.9 Å². The van der Waals surface area contributed by atoms with Crippen LogP contribution in [0.3, 0.4) is 0 Å². The number of fused-ring (bicyclic) bond motifs is 2. The molecular formula is C23H33BrN2O4. The number of hydrogen-bond donors (Lipinski definition) is 0. The van der Waals surface area contributed by atoms with Crippen LogP contribution in [0.25, 0.3) is 0 Å². The van der Waals surface area contributed by atoms with Gasteiger partial charge in [0.25, 0.3) is 0 Å². The van der Waals surface area contributed by atoms with Crippen LogP contribution in [0.5, 0.6) is 5.88 Å². The highest BCUT2D eigenvalue weighted by molar-refractivity contribution is 9.10. The lowest BCUT2D eigenvalue weighted by Gasteiger charge is -2.41. The van der Waals surface area contributed by atoms with Crippen LogP contribution >= 0.6 is 15.9 Å². The number of carbonyl (C=O) groups is 1. The topological polar surface area (TPSA) is 60.9 Å². The van der Waals surface area contributed by atoms with Gasteiger partial charge in [0.2, 0.25) is 5.88 Å². The minimum absolute atomic E-state index is 0.160. The molecule has 1 aromatic rings. The predicted octanol–water partition coefficient (Wildman–Crippen LogP) is 5.48. The Labute approximate surface area is 187 Å². The second kappa shape index (κ2) is 9.03. The average molecular weight is 481 g/mol. The van der Waals surface area contributed by atoms with E-state index in [0.717, 1.165) is 55.8 Å². The summed E-state index contributed by atoms with van der Waals surface area (Å²) in [5.41, 5.74) is -0.448. The summed E-state index contributed by atoms with van der Waals surface area (Å²) in [6, 6.07) is 4.37. The molecule has 1 aromatic heterocycles. The zero-order valence-electron chi connectivity index (χ0n) is 18.2. The van der Waals surface area contributed by atoms with Crippen LogP contribution < -0.4 is 4.74 Å². The minimum Gasteiger partial charge on any atom is -0.474 e. The standard InChI is InChI=1S/C23H33BrN2O4/c1-23(2,3)30-22(27)26-16-5-6-17(26)13-20(12-16)28-18-7-9-19(10-8-18)29-21-11-4-15(24)14-25-21/h4,11,14,16-20H,5-10,12-13H2,1-3H3/t16-,17+,18?,19?,20?. The van der Waals surface area contributed by atoms with Crippen molar-refractivity contribution in [3.8, 4) is 5.88 Å². The molecule has 3 aliphatic rings. The number of hydrogen-bond acceptors (Lipinski definition) is 5. The number of aromatic nitrogens is 1. The number of rotatable bonds is 4. The van der Waals surface area contributed by atoms with Crippen molar-refractivity contribution < 1.29 is 19.0 Å². The third-order valence-electron chi connectivity index (χ3n) is 6.29. The molecule has 1 aliphatic carbocycles. The lowest BCUT2D eigenvalue weighted by atomic mass is 9.93. The molecule has 2 aliphatic heterocycles. The maximum Gasteiger partial charge on any atom is 0.410 e. The Balaban J connectivity index is 1.23. The number of pyridine rings is 1. The van der Waals surface area contributed by atoms with Gasteiger partial charge in [-0.05, 0) is 94.1 Å². The number of amides is 1. The molecule has 2 bridgehead atoms. The van der Waals surface area contributed by atoms with E-state index in [-0.39, 0.29) is 30.4 Å². The van der Waals surface area contributed by atoms with Crippen molar-refractivity contribution in [1.29, 1.82) is 0 Å². The summed E-state index contributed by atoms with van der Waals surface area (Å²) in [6.45, 7) is 5.78. The van der Waals surface area contributed by atoms with Crippen molar-refractivity contribution in [1.82, 2.24) is 9.88 Å². The van der Waals surface area contributed by atoms with E-state index in [4.69, 9.17) is 14.2 Å². The van der Waals surface area contributed by atoms with Gasteiger partial charge in [-0.15, -0.1) is 0 Å². The van der Waals surface area contributed by atoms with Gasteiger partial charge in [-0.3, -0.25) is 0 Å². The average Bonchev–Trinajstić information content (AvgIpc) is 2.95. The highest BCUT2D eigenvalue weighted by Gasteiger charge is 2.45. The molecule has 1 saturated carbocycles. The zero-order valence-corrected chi connectivity index (χ0v) is 19.8. The van der Waals surface area contributed by atoms with Crippen LogP contribution in [0.15, 0.2) is 22.8 Å². The number of halogens is 1. The maximum atomic E-state index is 12.6. The Hall–Kier alpha value is -1.34. The highest BCUT2D eigenvalue weighted by Crippen LogP contribution is 2.39. The summed E-state index contributed by atoms with van der Waals surface area (Å²) < 4.78 is 19.1. The van der Waals surface area contributed by atoms with E-state index in [1.165, 1.54) is 0 Å². The van der Waals surface area contributed by atoms with E-state index in [0.29, 0.717) is 12.0 Å². The van der Waals surface area contributed by atoms with Gasteiger partial charge in [0.1, 0.15) is 11.7 Å². The van der Waals surface area contributed by atoms with E-state index in [1.54, 1.807) is 6.20 Å². The fraction of sp³-hybridized carbons (Fsp3) is 0.739. The van der Waals surface area contributed by atoms with Gasteiger partial charge in [-0.2, -0.15) is 0 Å². The molecule has 3 atom stereocenters. The summed E-state index contributed by atoms with van der Waals surface area (Å²) in [6.07, 6.45) is 10.3. The van der Waals surface area contributed by atoms with Crippen molar-refractivity contribution in [3.63, 3.8) is 0 Å². The van der Waals surface area contributed by atoms with Gasteiger partial charge in [-0.1, -0.05) is 0 Å². The molecule has 0 spiro atoms. The van der Waals surface area contributed by atoms with Crippen molar-refractivity contribution in [3.05, 3.63) is 22.8 Å². The molecule has 4 rings (SSSR count). The smallest absolute Gasteiger partial charge is 0.410 e. The van der Waals surface area contributed by atoms with Crippen LogP contribution in [0.2, 0.25) is 0 Å². The number of carbonyl (C=O) groups excluding carboxylic acids is 1. The first-order valence-electron chi connectivity index (χ1n) is 11.2. The first kappa shape index (κ1) is 21.9. The predicted molar refractivity (Wildman–Crippen MR) is 118 cm³/mol. The summed E-state index contributed by atoms with van der Waals surface area (Å²) in [4.78, 5) is 18.9. The molecule has 166 valence electrons. The van der Waals surface area contributed by atoms with Crippen LogP contribution in [0.1, 0.15) is 72.1 Å². The summed E-state index contributed by atoms with van der Waals surface area (Å²) >= 11 is 3.40. The fourth-order valence-electron chi connectivity index (χ4n) is 5.01. The lowest BCUT2D eigenvalue weighted by molar-refractivity contribution is -0.0814.